The molecule has 0 spiro atoms. The molecule has 8 heteroatoms. The first kappa shape index (κ1) is 21.5. The molecule has 1 fully saturated rings. The highest BCUT2D eigenvalue weighted by Gasteiger charge is 2.28. The second kappa shape index (κ2) is 9.82. The molecule has 3 rings (SSSR count). The van der Waals surface area contributed by atoms with Crippen LogP contribution in [-0.2, 0) is 4.79 Å². The standard InChI is InChI=1S/C17H18ClN3O2.2ClH/c1-11(12-9-20-10-12)17(22)21-13-2-3-16(15(18)8-13)23-14-4-6-19-7-5-14;;/h2-8,11-12,20H,9-10H2,1H3,(H,21,22);2*1H. The van der Waals surface area contributed by atoms with Gasteiger partial charge in [-0.25, -0.2) is 0 Å². The maximum Gasteiger partial charge on any atom is 0.227 e. The van der Waals surface area contributed by atoms with Gasteiger partial charge in [0.05, 0.1) is 5.02 Å². The molecular formula is C17H20Cl3N3O2. The zero-order chi connectivity index (χ0) is 16.2. The van der Waals surface area contributed by atoms with E-state index in [4.69, 9.17) is 16.3 Å². The van der Waals surface area contributed by atoms with Gasteiger partial charge in [0.1, 0.15) is 11.5 Å². The van der Waals surface area contributed by atoms with E-state index in [1.54, 1.807) is 42.7 Å². The van der Waals surface area contributed by atoms with Crippen molar-refractivity contribution < 1.29 is 9.53 Å². The lowest BCUT2D eigenvalue weighted by Gasteiger charge is -2.31. The highest BCUT2D eigenvalue weighted by Crippen LogP contribution is 2.31. The molecule has 1 aromatic heterocycles. The summed E-state index contributed by atoms with van der Waals surface area (Å²) in [7, 11) is 0. The summed E-state index contributed by atoms with van der Waals surface area (Å²) in [5.41, 5.74) is 0.668. The molecule has 0 bridgehead atoms. The van der Waals surface area contributed by atoms with Gasteiger partial charge in [-0.05, 0) is 49.3 Å². The van der Waals surface area contributed by atoms with Crippen LogP contribution in [0.1, 0.15) is 6.92 Å². The Balaban J connectivity index is 0.00000156. The number of pyridine rings is 1. The van der Waals surface area contributed by atoms with E-state index in [1.807, 2.05) is 6.92 Å². The number of hydrogen-bond donors (Lipinski definition) is 2. The predicted octanol–water partition coefficient (Wildman–Crippen LogP) is 4.16. The number of aromatic nitrogens is 1. The van der Waals surface area contributed by atoms with Crippen molar-refractivity contribution in [1.82, 2.24) is 10.3 Å². The second-order valence-electron chi connectivity index (χ2n) is 5.63. The zero-order valence-corrected chi connectivity index (χ0v) is 16.0. The van der Waals surface area contributed by atoms with Crippen LogP contribution in [0.4, 0.5) is 5.69 Å². The third kappa shape index (κ3) is 5.47. The van der Waals surface area contributed by atoms with Crippen LogP contribution in [0.25, 0.3) is 0 Å². The van der Waals surface area contributed by atoms with Gasteiger partial charge < -0.3 is 15.4 Å². The maximum absolute atomic E-state index is 12.2. The Morgan fingerprint density at radius 2 is 1.96 bits per heavy atom. The monoisotopic (exact) mass is 403 g/mol. The summed E-state index contributed by atoms with van der Waals surface area (Å²) in [4.78, 5) is 16.1. The van der Waals surface area contributed by atoms with Crippen molar-refractivity contribution in [2.75, 3.05) is 18.4 Å². The highest BCUT2D eigenvalue weighted by molar-refractivity contribution is 6.32. The summed E-state index contributed by atoms with van der Waals surface area (Å²) < 4.78 is 5.69. The van der Waals surface area contributed by atoms with Gasteiger partial charge in [0.2, 0.25) is 5.91 Å². The number of anilines is 1. The molecule has 1 aliphatic heterocycles. The normalized spacial score (nSPS) is 14.3. The molecule has 0 aliphatic carbocycles. The van der Waals surface area contributed by atoms with E-state index in [9.17, 15) is 4.79 Å². The van der Waals surface area contributed by atoms with Gasteiger partial charge in [0.25, 0.3) is 0 Å². The van der Waals surface area contributed by atoms with Crippen molar-refractivity contribution in [2.24, 2.45) is 11.8 Å². The van der Waals surface area contributed by atoms with Crippen LogP contribution >= 0.6 is 36.4 Å². The van der Waals surface area contributed by atoms with Crippen molar-refractivity contribution in [3.05, 3.63) is 47.7 Å². The Labute approximate surface area is 164 Å². The van der Waals surface area contributed by atoms with Crippen molar-refractivity contribution >= 4 is 48.0 Å². The van der Waals surface area contributed by atoms with Crippen LogP contribution in [0.2, 0.25) is 5.02 Å². The summed E-state index contributed by atoms with van der Waals surface area (Å²) in [5, 5.41) is 6.53. The Morgan fingerprint density at radius 1 is 1.28 bits per heavy atom. The zero-order valence-electron chi connectivity index (χ0n) is 13.6. The summed E-state index contributed by atoms with van der Waals surface area (Å²) in [5.74, 6) is 1.58. The van der Waals surface area contributed by atoms with Gasteiger partial charge in [-0.2, -0.15) is 0 Å². The molecule has 1 aliphatic rings. The maximum atomic E-state index is 12.2. The quantitative estimate of drug-likeness (QED) is 0.785. The highest BCUT2D eigenvalue weighted by atomic mass is 35.5. The fraction of sp³-hybridized carbons (Fsp3) is 0.294. The summed E-state index contributed by atoms with van der Waals surface area (Å²) in [6, 6.07) is 8.72. The van der Waals surface area contributed by atoms with E-state index in [0.717, 1.165) is 13.1 Å². The Kier molecular flexibility index (Phi) is 8.45. The molecule has 1 amide bonds. The van der Waals surface area contributed by atoms with E-state index >= 15 is 0 Å². The molecule has 136 valence electrons. The fourth-order valence-electron chi connectivity index (χ4n) is 2.33. The minimum absolute atomic E-state index is 0. The Morgan fingerprint density at radius 3 is 2.52 bits per heavy atom. The topological polar surface area (TPSA) is 63.2 Å². The number of rotatable bonds is 5. The number of nitrogens with zero attached hydrogens (tertiary/aromatic N) is 1. The molecule has 2 aromatic rings. The van der Waals surface area contributed by atoms with Crippen molar-refractivity contribution in [1.29, 1.82) is 0 Å². The number of ether oxygens (including phenoxy) is 1. The minimum atomic E-state index is -0.0252. The first-order valence-corrected chi connectivity index (χ1v) is 7.90. The minimum Gasteiger partial charge on any atom is -0.456 e. The third-order valence-electron chi connectivity index (χ3n) is 4.01. The van der Waals surface area contributed by atoms with E-state index in [0.29, 0.717) is 28.1 Å². The van der Waals surface area contributed by atoms with Gasteiger partial charge >= 0.3 is 0 Å². The molecule has 1 atom stereocenters. The predicted molar refractivity (Wildman–Crippen MR) is 104 cm³/mol. The van der Waals surface area contributed by atoms with Gasteiger partial charge in [-0.3, -0.25) is 9.78 Å². The van der Waals surface area contributed by atoms with Gasteiger partial charge in [-0.15, -0.1) is 24.8 Å². The lowest BCUT2D eigenvalue weighted by molar-refractivity contribution is -0.121. The molecule has 2 N–H and O–H groups in total. The fourth-order valence-corrected chi connectivity index (χ4v) is 2.55. The average molecular weight is 405 g/mol. The average Bonchev–Trinajstić information content (AvgIpc) is 2.49. The largest absolute Gasteiger partial charge is 0.456 e. The SMILES string of the molecule is CC(C(=O)Nc1ccc(Oc2ccncc2)c(Cl)c1)C1CNC1.Cl.Cl. The number of halogens is 3. The van der Waals surface area contributed by atoms with E-state index in [2.05, 4.69) is 15.6 Å². The first-order valence-electron chi connectivity index (χ1n) is 7.52. The smallest absolute Gasteiger partial charge is 0.227 e. The summed E-state index contributed by atoms with van der Waals surface area (Å²) in [6.07, 6.45) is 3.29. The number of amides is 1. The van der Waals surface area contributed by atoms with Crippen LogP contribution in [0, 0.1) is 11.8 Å². The molecule has 1 aromatic carbocycles. The molecular weight excluding hydrogens is 385 g/mol. The summed E-state index contributed by atoms with van der Waals surface area (Å²) >= 11 is 6.24. The number of hydrogen-bond acceptors (Lipinski definition) is 4. The summed E-state index contributed by atoms with van der Waals surface area (Å²) in [6.45, 7) is 3.74. The first-order chi connectivity index (χ1) is 11.1. The molecule has 25 heavy (non-hydrogen) atoms. The van der Waals surface area contributed by atoms with E-state index in [1.165, 1.54) is 0 Å². The molecule has 1 unspecified atom stereocenters. The van der Waals surface area contributed by atoms with Crippen LogP contribution in [0.15, 0.2) is 42.7 Å². The molecule has 0 saturated carbocycles. The van der Waals surface area contributed by atoms with E-state index < -0.39 is 0 Å². The van der Waals surface area contributed by atoms with Crippen molar-refractivity contribution in [3.8, 4) is 11.5 Å². The van der Waals surface area contributed by atoms with Crippen LogP contribution < -0.4 is 15.4 Å². The number of carbonyl (C=O) groups excluding carboxylic acids is 1. The van der Waals surface area contributed by atoms with Gasteiger partial charge in [0.15, 0.2) is 0 Å². The van der Waals surface area contributed by atoms with E-state index in [-0.39, 0.29) is 36.6 Å². The number of carbonyl (C=O) groups is 1. The number of benzene rings is 1. The van der Waals surface area contributed by atoms with Crippen molar-refractivity contribution in [2.45, 2.75) is 6.92 Å². The molecule has 0 radical (unpaired) electrons. The van der Waals surface area contributed by atoms with Crippen LogP contribution in [0.3, 0.4) is 0 Å². The second-order valence-corrected chi connectivity index (χ2v) is 6.03. The van der Waals surface area contributed by atoms with Gasteiger partial charge in [-0.1, -0.05) is 18.5 Å². The van der Waals surface area contributed by atoms with Crippen LogP contribution in [0.5, 0.6) is 11.5 Å². The lowest BCUT2D eigenvalue weighted by atomic mass is 9.88. The number of nitrogens with one attached hydrogen (secondary N) is 2. The van der Waals surface area contributed by atoms with Gasteiger partial charge in [0, 0.05) is 24.0 Å². The molecule has 1 saturated heterocycles. The Bertz CT molecular complexity index is 697. The lowest BCUT2D eigenvalue weighted by Crippen LogP contribution is -2.48. The molecule has 5 nitrogen and oxygen atoms in total. The Hall–Kier alpha value is -1.53. The third-order valence-corrected chi connectivity index (χ3v) is 4.31. The molecule has 2 heterocycles. The van der Waals surface area contributed by atoms with Crippen molar-refractivity contribution in [3.63, 3.8) is 0 Å². The van der Waals surface area contributed by atoms with Crippen LogP contribution in [-0.4, -0.2) is 24.0 Å².